The van der Waals surface area contributed by atoms with Gasteiger partial charge in [0.05, 0.1) is 0 Å². The van der Waals surface area contributed by atoms with Gasteiger partial charge in [-0.05, 0) is 6.42 Å². The second-order valence-corrected chi connectivity index (χ2v) is 2.47. The van der Waals surface area contributed by atoms with Crippen LogP contribution in [-0.2, 0) is 4.79 Å². The maximum atomic E-state index is 10.9. The molecule has 1 saturated heterocycles. The monoisotopic (exact) mass is 128 g/mol. The molecular weight excluding hydrogens is 116 g/mol. The number of nitrogens with zero attached hydrogens (tertiary/aromatic N) is 2. The van der Waals surface area contributed by atoms with E-state index < -0.39 is 0 Å². The normalized spacial score (nSPS) is 19.9. The van der Waals surface area contributed by atoms with E-state index in [1.807, 2.05) is 19.1 Å². The third-order valence-electron chi connectivity index (χ3n) is 1.53. The Kier molecular flexibility index (Phi) is 1.71. The van der Waals surface area contributed by atoms with Gasteiger partial charge in [-0.15, -0.1) is 0 Å². The molecule has 0 bridgehead atoms. The van der Waals surface area contributed by atoms with Gasteiger partial charge in [-0.25, -0.2) is 5.01 Å². The predicted molar refractivity (Wildman–Crippen MR) is 34.6 cm³/mol. The minimum absolute atomic E-state index is 0.250. The highest BCUT2D eigenvalue weighted by Crippen LogP contribution is 2.09. The number of carbonyl (C=O) groups excluding carboxylic acids is 1. The first kappa shape index (κ1) is 6.55. The van der Waals surface area contributed by atoms with Crippen LogP contribution in [0.4, 0.5) is 0 Å². The standard InChI is InChI=1S/C6H12N2O/c1-7(2)8-5-3-4-6(8)9/h3-5H2,1-2H3. The first-order chi connectivity index (χ1) is 4.22. The summed E-state index contributed by atoms with van der Waals surface area (Å²) in [5, 5.41) is 3.61. The Balaban J connectivity index is 2.49. The highest BCUT2D eigenvalue weighted by Gasteiger charge is 2.20. The van der Waals surface area contributed by atoms with Crippen molar-refractivity contribution in [2.45, 2.75) is 12.8 Å². The molecule has 0 atom stereocenters. The number of rotatable bonds is 1. The van der Waals surface area contributed by atoms with Crippen molar-refractivity contribution in [1.82, 2.24) is 10.0 Å². The van der Waals surface area contributed by atoms with E-state index in [0.29, 0.717) is 0 Å². The van der Waals surface area contributed by atoms with E-state index in [2.05, 4.69) is 0 Å². The summed E-state index contributed by atoms with van der Waals surface area (Å²) in [6.07, 6.45) is 1.73. The molecule has 0 aromatic rings. The lowest BCUT2D eigenvalue weighted by Crippen LogP contribution is -2.37. The van der Waals surface area contributed by atoms with Gasteiger partial charge in [0.2, 0.25) is 5.91 Å². The average molecular weight is 128 g/mol. The van der Waals surface area contributed by atoms with Crippen LogP contribution in [0.3, 0.4) is 0 Å². The van der Waals surface area contributed by atoms with Gasteiger partial charge in [-0.1, -0.05) is 0 Å². The van der Waals surface area contributed by atoms with Crippen molar-refractivity contribution in [1.29, 1.82) is 0 Å². The summed E-state index contributed by atoms with van der Waals surface area (Å²) in [6, 6.07) is 0. The topological polar surface area (TPSA) is 23.6 Å². The van der Waals surface area contributed by atoms with E-state index in [9.17, 15) is 4.79 Å². The molecule has 1 amide bonds. The average Bonchev–Trinajstić information content (AvgIpc) is 2.13. The van der Waals surface area contributed by atoms with E-state index in [1.54, 1.807) is 5.01 Å². The Morgan fingerprint density at radius 2 is 2.22 bits per heavy atom. The van der Waals surface area contributed by atoms with Crippen molar-refractivity contribution in [2.24, 2.45) is 0 Å². The predicted octanol–water partition coefficient (Wildman–Crippen LogP) is 0.0854. The quantitative estimate of drug-likeness (QED) is 0.499. The van der Waals surface area contributed by atoms with Crippen molar-refractivity contribution in [3.63, 3.8) is 0 Å². The molecule has 9 heavy (non-hydrogen) atoms. The van der Waals surface area contributed by atoms with Crippen molar-refractivity contribution < 1.29 is 4.79 Å². The van der Waals surface area contributed by atoms with Crippen LogP contribution in [0, 0.1) is 0 Å². The minimum Gasteiger partial charge on any atom is -0.276 e. The molecular formula is C6H12N2O. The molecule has 0 aromatic carbocycles. The summed E-state index contributed by atoms with van der Waals surface area (Å²) < 4.78 is 0. The Morgan fingerprint density at radius 3 is 2.44 bits per heavy atom. The number of amides is 1. The maximum Gasteiger partial charge on any atom is 0.236 e. The summed E-state index contributed by atoms with van der Waals surface area (Å²) in [7, 11) is 3.78. The smallest absolute Gasteiger partial charge is 0.236 e. The van der Waals surface area contributed by atoms with Crippen LogP contribution in [0.5, 0.6) is 0 Å². The largest absolute Gasteiger partial charge is 0.276 e. The maximum absolute atomic E-state index is 10.9. The van der Waals surface area contributed by atoms with Crippen LogP contribution in [0.25, 0.3) is 0 Å². The molecule has 0 saturated carbocycles. The third-order valence-corrected chi connectivity index (χ3v) is 1.53. The molecule has 1 rings (SSSR count). The molecule has 1 aliphatic heterocycles. The van der Waals surface area contributed by atoms with Crippen molar-refractivity contribution in [3.8, 4) is 0 Å². The lowest BCUT2D eigenvalue weighted by atomic mass is 10.4. The first-order valence-electron chi connectivity index (χ1n) is 3.19. The molecule has 52 valence electrons. The van der Waals surface area contributed by atoms with Crippen LogP contribution in [0.1, 0.15) is 12.8 Å². The fourth-order valence-electron chi connectivity index (χ4n) is 1.06. The Morgan fingerprint density at radius 1 is 1.56 bits per heavy atom. The zero-order valence-corrected chi connectivity index (χ0v) is 5.92. The van der Waals surface area contributed by atoms with Gasteiger partial charge in [0, 0.05) is 27.1 Å². The molecule has 0 unspecified atom stereocenters. The minimum atomic E-state index is 0.250. The molecule has 0 spiro atoms. The van der Waals surface area contributed by atoms with Crippen LogP contribution in [-0.4, -0.2) is 36.6 Å². The molecule has 3 heteroatoms. The van der Waals surface area contributed by atoms with Gasteiger partial charge in [-0.3, -0.25) is 9.80 Å². The van der Waals surface area contributed by atoms with E-state index in [1.165, 1.54) is 0 Å². The van der Waals surface area contributed by atoms with Crippen LogP contribution in [0.15, 0.2) is 0 Å². The van der Waals surface area contributed by atoms with E-state index >= 15 is 0 Å². The van der Waals surface area contributed by atoms with Gasteiger partial charge in [0.25, 0.3) is 0 Å². The summed E-state index contributed by atoms with van der Waals surface area (Å²) in [5.74, 6) is 0.250. The van der Waals surface area contributed by atoms with Crippen molar-refractivity contribution >= 4 is 5.91 Å². The van der Waals surface area contributed by atoms with E-state index in [4.69, 9.17) is 0 Å². The van der Waals surface area contributed by atoms with Crippen molar-refractivity contribution in [2.75, 3.05) is 20.6 Å². The number of hydrazine groups is 1. The summed E-state index contributed by atoms with van der Waals surface area (Å²) >= 11 is 0. The molecule has 0 radical (unpaired) electrons. The molecule has 0 aliphatic carbocycles. The fourth-order valence-corrected chi connectivity index (χ4v) is 1.06. The summed E-state index contributed by atoms with van der Waals surface area (Å²) in [4.78, 5) is 10.9. The van der Waals surface area contributed by atoms with Crippen LogP contribution in [0.2, 0.25) is 0 Å². The molecule has 0 aromatic heterocycles. The Labute approximate surface area is 55.2 Å². The van der Waals surface area contributed by atoms with Gasteiger partial charge >= 0.3 is 0 Å². The second-order valence-electron chi connectivity index (χ2n) is 2.47. The number of hydrogen-bond donors (Lipinski definition) is 0. The number of hydrogen-bond acceptors (Lipinski definition) is 2. The fraction of sp³-hybridized carbons (Fsp3) is 0.833. The Bertz CT molecular complexity index is 122. The van der Waals surface area contributed by atoms with E-state index in [0.717, 1.165) is 19.4 Å². The lowest BCUT2D eigenvalue weighted by molar-refractivity contribution is -0.139. The zero-order chi connectivity index (χ0) is 6.85. The highest BCUT2D eigenvalue weighted by molar-refractivity contribution is 5.77. The summed E-state index contributed by atoms with van der Waals surface area (Å²) in [6.45, 7) is 0.895. The molecule has 1 fully saturated rings. The van der Waals surface area contributed by atoms with Gasteiger partial charge in [0.1, 0.15) is 0 Å². The lowest BCUT2D eigenvalue weighted by Gasteiger charge is -2.22. The first-order valence-corrected chi connectivity index (χ1v) is 3.19. The third kappa shape index (κ3) is 1.21. The van der Waals surface area contributed by atoms with Gasteiger partial charge in [0.15, 0.2) is 0 Å². The Hall–Kier alpha value is -0.570. The zero-order valence-electron chi connectivity index (χ0n) is 5.92. The SMILES string of the molecule is CN(C)N1CCCC1=O. The molecule has 3 nitrogen and oxygen atoms in total. The number of carbonyl (C=O) groups is 1. The van der Waals surface area contributed by atoms with Crippen molar-refractivity contribution in [3.05, 3.63) is 0 Å². The van der Waals surface area contributed by atoms with Gasteiger partial charge < -0.3 is 0 Å². The van der Waals surface area contributed by atoms with Crippen LogP contribution >= 0.6 is 0 Å². The van der Waals surface area contributed by atoms with E-state index in [-0.39, 0.29) is 5.91 Å². The molecule has 1 aliphatic rings. The molecule has 0 N–H and O–H groups in total. The van der Waals surface area contributed by atoms with Crippen LogP contribution < -0.4 is 0 Å². The highest BCUT2D eigenvalue weighted by atomic mass is 16.2. The second kappa shape index (κ2) is 2.35. The van der Waals surface area contributed by atoms with Gasteiger partial charge in [-0.2, -0.15) is 0 Å². The summed E-state index contributed by atoms with van der Waals surface area (Å²) in [5.41, 5.74) is 0. The molecule has 1 heterocycles.